The van der Waals surface area contributed by atoms with Crippen LogP contribution in [-0.2, 0) is 27.8 Å². The quantitative estimate of drug-likeness (QED) is 0.368. The lowest BCUT2D eigenvalue weighted by Gasteiger charge is -2.30. The zero-order valence-electron chi connectivity index (χ0n) is 19.8. The van der Waals surface area contributed by atoms with Gasteiger partial charge in [0.25, 0.3) is 10.0 Å². The maximum atomic E-state index is 13.4. The molecule has 0 unspecified atom stereocenters. The van der Waals surface area contributed by atoms with Gasteiger partial charge in [-0.05, 0) is 55.5 Å². The Morgan fingerprint density at radius 3 is 2.64 bits per heavy atom. The molecule has 3 aromatic heterocycles. The number of hydrogen-bond donors (Lipinski definition) is 1. The molecule has 1 saturated heterocycles. The van der Waals surface area contributed by atoms with Gasteiger partial charge in [-0.15, -0.1) is 34.0 Å². The summed E-state index contributed by atoms with van der Waals surface area (Å²) in [7, 11) is -1.36. The number of amides is 1. The summed E-state index contributed by atoms with van der Waals surface area (Å²) >= 11 is 4.55. The molecule has 1 aromatic carbocycles. The van der Waals surface area contributed by atoms with E-state index in [-0.39, 0.29) is 11.8 Å². The molecule has 4 aromatic rings. The topological polar surface area (TPSA) is 82.6 Å². The van der Waals surface area contributed by atoms with Crippen LogP contribution in [0.1, 0.15) is 23.3 Å². The summed E-state index contributed by atoms with van der Waals surface area (Å²) in [5.74, 6) is -0.248. The van der Waals surface area contributed by atoms with Crippen LogP contribution >= 0.6 is 34.0 Å². The Morgan fingerprint density at radius 2 is 1.89 bits per heavy atom. The third-order valence-electron chi connectivity index (χ3n) is 6.91. The third-order valence-corrected chi connectivity index (χ3v) is 12.4. The lowest BCUT2D eigenvalue weighted by molar-refractivity contribution is -0.120. The van der Waals surface area contributed by atoms with Crippen LogP contribution in [0, 0.1) is 5.92 Å². The first-order valence-corrected chi connectivity index (χ1v) is 15.9. The lowest BCUT2D eigenvalue weighted by atomic mass is 9.97. The number of thiazole rings is 1. The molecule has 0 atom stereocenters. The van der Waals surface area contributed by atoms with Crippen LogP contribution in [0.4, 0.5) is 5.00 Å². The summed E-state index contributed by atoms with van der Waals surface area (Å²) < 4.78 is 28.7. The van der Waals surface area contributed by atoms with E-state index >= 15 is 0 Å². The van der Waals surface area contributed by atoms with Crippen molar-refractivity contribution in [2.45, 2.75) is 30.0 Å². The number of carbonyl (C=O) groups is 1. The summed E-state index contributed by atoms with van der Waals surface area (Å²) in [4.78, 5) is 21.9. The molecule has 0 radical (unpaired) electrons. The van der Waals surface area contributed by atoms with E-state index in [1.807, 2.05) is 18.2 Å². The van der Waals surface area contributed by atoms with Crippen molar-refractivity contribution >= 4 is 65.2 Å². The summed E-state index contributed by atoms with van der Waals surface area (Å²) in [6.45, 7) is 2.56. The predicted octanol–water partition coefficient (Wildman–Crippen LogP) is 5.11. The van der Waals surface area contributed by atoms with Gasteiger partial charge in [-0.1, -0.05) is 18.2 Å². The fraction of sp³-hybridized carbons (Fsp3) is 0.360. The van der Waals surface area contributed by atoms with E-state index in [2.05, 4.69) is 23.3 Å². The third kappa shape index (κ3) is 4.42. The van der Waals surface area contributed by atoms with Gasteiger partial charge in [-0.2, -0.15) is 4.31 Å². The zero-order valence-corrected chi connectivity index (χ0v) is 23.0. The van der Waals surface area contributed by atoms with Crippen molar-refractivity contribution in [1.29, 1.82) is 0 Å². The van der Waals surface area contributed by atoms with Gasteiger partial charge in [0.2, 0.25) is 5.91 Å². The van der Waals surface area contributed by atoms with Gasteiger partial charge in [0.1, 0.15) is 14.2 Å². The first-order valence-electron chi connectivity index (χ1n) is 11.9. The number of carbonyl (C=O) groups excluding carboxylic acids is 1. The van der Waals surface area contributed by atoms with Crippen LogP contribution in [0.2, 0.25) is 0 Å². The number of aromatic nitrogens is 1. The highest BCUT2D eigenvalue weighted by Gasteiger charge is 2.34. The second kappa shape index (κ2) is 9.62. The monoisotopic (exact) mass is 558 g/mol. The minimum Gasteiger partial charge on any atom is -0.317 e. The fourth-order valence-corrected chi connectivity index (χ4v) is 9.99. The maximum absolute atomic E-state index is 13.4. The molecule has 5 heterocycles. The number of thiophene rings is 2. The van der Waals surface area contributed by atoms with Gasteiger partial charge < -0.3 is 10.2 Å². The van der Waals surface area contributed by atoms with E-state index in [1.54, 1.807) is 40.2 Å². The van der Waals surface area contributed by atoms with Crippen molar-refractivity contribution in [2.24, 2.45) is 5.92 Å². The van der Waals surface area contributed by atoms with Crippen LogP contribution in [0.5, 0.6) is 0 Å². The minimum atomic E-state index is -3.48. The standard InChI is InChI=1S/C25H26N4O3S4/c1-28-11-10-17-20(15-28)35-25(22(17)24-26-18-5-2-3-6-19(18)34-24)27-23(30)16-8-12-29(13-9-16)36(31,32)21-7-4-14-33-21/h2-7,14,16H,8-13,15H2,1H3,(H,27,30). The molecule has 0 aliphatic carbocycles. The number of piperidine rings is 1. The second-order valence-electron chi connectivity index (χ2n) is 9.28. The number of nitrogens with one attached hydrogen (secondary N) is 1. The highest BCUT2D eigenvalue weighted by Crippen LogP contribution is 2.45. The van der Waals surface area contributed by atoms with Crippen LogP contribution in [0.3, 0.4) is 0 Å². The number of rotatable bonds is 5. The van der Waals surface area contributed by atoms with Crippen LogP contribution in [0.25, 0.3) is 20.8 Å². The van der Waals surface area contributed by atoms with E-state index < -0.39 is 10.0 Å². The molecule has 6 rings (SSSR count). The number of hydrogen-bond acceptors (Lipinski definition) is 8. The van der Waals surface area contributed by atoms with Crippen molar-refractivity contribution in [3.63, 3.8) is 0 Å². The smallest absolute Gasteiger partial charge is 0.252 e. The van der Waals surface area contributed by atoms with Crippen molar-refractivity contribution < 1.29 is 13.2 Å². The van der Waals surface area contributed by atoms with Gasteiger partial charge in [0.15, 0.2) is 0 Å². The van der Waals surface area contributed by atoms with E-state index in [4.69, 9.17) is 4.98 Å². The molecule has 2 aliphatic rings. The second-order valence-corrected chi connectivity index (χ2v) is 14.5. The van der Waals surface area contributed by atoms with Gasteiger partial charge in [0.05, 0.1) is 10.2 Å². The SMILES string of the molecule is CN1CCc2c(sc(NC(=O)C3CCN(S(=O)(=O)c4cccs4)CC3)c2-c2nc3ccccc3s2)C1. The molecule has 11 heteroatoms. The van der Waals surface area contributed by atoms with Crippen molar-refractivity contribution in [3.8, 4) is 10.6 Å². The number of benzene rings is 1. The lowest BCUT2D eigenvalue weighted by Crippen LogP contribution is -2.41. The largest absolute Gasteiger partial charge is 0.317 e. The van der Waals surface area contributed by atoms with E-state index in [1.165, 1.54) is 26.1 Å². The van der Waals surface area contributed by atoms with Gasteiger partial charge in [-0.3, -0.25) is 4.79 Å². The number of sulfonamides is 1. The Labute approximate surface area is 222 Å². The molecule has 36 heavy (non-hydrogen) atoms. The Hall–Kier alpha value is -2.15. The number of para-hydroxylation sites is 1. The fourth-order valence-electron chi connectivity index (χ4n) is 4.93. The molecule has 1 amide bonds. The minimum absolute atomic E-state index is 0.0301. The molecule has 0 spiro atoms. The molecular formula is C25H26N4O3S4. The normalized spacial score (nSPS) is 17.9. The molecule has 188 valence electrons. The number of anilines is 1. The first-order chi connectivity index (χ1) is 17.4. The molecule has 2 aliphatic heterocycles. The number of fused-ring (bicyclic) bond motifs is 2. The van der Waals surface area contributed by atoms with E-state index in [0.717, 1.165) is 45.3 Å². The summed E-state index contributed by atoms with van der Waals surface area (Å²) in [6, 6.07) is 11.5. The van der Waals surface area contributed by atoms with Gasteiger partial charge in [0, 0.05) is 42.5 Å². The molecule has 1 fully saturated rings. The molecular weight excluding hydrogens is 533 g/mol. The zero-order chi connectivity index (χ0) is 24.9. The molecule has 0 bridgehead atoms. The Balaban J connectivity index is 1.24. The average Bonchev–Trinajstić information content (AvgIpc) is 3.62. The summed E-state index contributed by atoms with van der Waals surface area (Å²) in [5, 5.41) is 6.83. The van der Waals surface area contributed by atoms with E-state index in [0.29, 0.717) is 30.1 Å². The molecule has 1 N–H and O–H groups in total. The van der Waals surface area contributed by atoms with Crippen molar-refractivity contribution in [3.05, 3.63) is 52.2 Å². The molecule has 0 saturated carbocycles. The number of nitrogens with zero attached hydrogens (tertiary/aromatic N) is 3. The average molecular weight is 559 g/mol. The predicted molar refractivity (Wildman–Crippen MR) is 147 cm³/mol. The Kier molecular flexibility index (Phi) is 6.47. The first kappa shape index (κ1) is 24.2. The molecule has 7 nitrogen and oxygen atoms in total. The van der Waals surface area contributed by atoms with Crippen LogP contribution in [0.15, 0.2) is 46.0 Å². The summed E-state index contributed by atoms with van der Waals surface area (Å²) in [6.07, 6.45) is 1.96. The van der Waals surface area contributed by atoms with Crippen LogP contribution in [-0.4, -0.2) is 55.2 Å². The van der Waals surface area contributed by atoms with Crippen molar-refractivity contribution in [1.82, 2.24) is 14.2 Å². The van der Waals surface area contributed by atoms with E-state index in [9.17, 15) is 13.2 Å². The highest BCUT2D eigenvalue weighted by atomic mass is 32.2. The van der Waals surface area contributed by atoms with Crippen molar-refractivity contribution in [2.75, 3.05) is 32.0 Å². The van der Waals surface area contributed by atoms with Gasteiger partial charge in [-0.25, -0.2) is 13.4 Å². The number of likely N-dealkylation sites (N-methyl/N-ethyl adjacent to an activating group) is 1. The van der Waals surface area contributed by atoms with Crippen LogP contribution < -0.4 is 5.32 Å². The highest BCUT2D eigenvalue weighted by molar-refractivity contribution is 7.91. The summed E-state index contributed by atoms with van der Waals surface area (Å²) in [5.41, 5.74) is 3.33. The Morgan fingerprint density at radius 1 is 1.08 bits per heavy atom. The maximum Gasteiger partial charge on any atom is 0.252 e. The Bertz CT molecular complexity index is 1480. The van der Waals surface area contributed by atoms with Gasteiger partial charge >= 0.3 is 0 Å².